The number of rotatable bonds is 15. The average Bonchev–Trinajstić information content (AvgIpc) is 3.64. The Morgan fingerprint density at radius 1 is 0.381 bits per heavy atom. The van der Waals surface area contributed by atoms with E-state index >= 15 is 0 Å². The zero-order valence-corrected chi connectivity index (χ0v) is 38.8. The van der Waals surface area contributed by atoms with Crippen LogP contribution < -0.4 is 8.68 Å². The minimum atomic E-state index is -1.94. The van der Waals surface area contributed by atoms with Gasteiger partial charge in [0, 0.05) is 0 Å². The molecule has 0 spiro atoms. The van der Waals surface area contributed by atoms with Gasteiger partial charge in [-0.1, -0.05) is 0 Å². The number of benzene rings is 1. The fourth-order valence-electron chi connectivity index (χ4n) is 5.42. The predicted molar refractivity (Wildman–Crippen MR) is 204 cm³/mol. The van der Waals surface area contributed by atoms with E-state index in [0.717, 1.165) is 0 Å². The van der Waals surface area contributed by atoms with Crippen LogP contribution in [0.1, 0.15) is 50.6 Å². The topological polar surface area (TPSA) is 0 Å². The van der Waals surface area contributed by atoms with Crippen molar-refractivity contribution < 1.29 is 0 Å². The second kappa shape index (κ2) is 15.5. The van der Waals surface area contributed by atoms with E-state index in [1.807, 2.05) is 0 Å². The molecular weight excluding hydrogens is 885 g/mol. The van der Waals surface area contributed by atoms with Crippen LogP contribution in [0.3, 0.4) is 0 Å². The van der Waals surface area contributed by atoms with Gasteiger partial charge in [0.1, 0.15) is 0 Å². The van der Waals surface area contributed by atoms with Gasteiger partial charge in [-0.2, -0.15) is 0 Å². The first kappa shape index (κ1) is 35.6. The first-order valence-corrected chi connectivity index (χ1v) is 48.5. The van der Waals surface area contributed by atoms with Crippen molar-refractivity contribution in [1.82, 2.24) is 0 Å². The van der Waals surface area contributed by atoms with Crippen molar-refractivity contribution >= 4 is 97.8 Å². The molecule has 3 aromatic heterocycles. The molecule has 6 heteroatoms. The third kappa shape index (κ3) is 11.2. The molecule has 0 saturated heterocycles. The van der Waals surface area contributed by atoms with Crippen molar-refractivity contribution in [3.05, 3.63) is 85.9 Å². The van der Waals surface area contributed by atoms with Crippen molar-refractivity contribution in [2.24, 2.45) is 0 Å². The molecule has 1 aromatic carbocycles. The van der Waals surface area contributed by atoms with Crippen molar-refractivity contribution in [2.75, 3.05) is 0 Å². The van der Waals surface area contributed by atoms with Crippen molar-refractivity contribution in [3.8, 4) is 0 Å². The normalized spacial score (nSPS) is 12.8. The Hall–Kier alpha value is 0.716. The summed E-state index contributed by atoms with van der Waals surface area (Å²) < 4.78 is 5.16. The minimum absolute atomic E-state index is 1.20. The molecule has 0 atom stereocenters. The van der Waals surface area contributed by atoms with Crippen LogP contribution in [-0.2, 0) is 38.5 Å². The van der Waals surface area contributed by atoms with E-state index in [1.165, 1.54) is 57.8 Å². The summed E-state index contributed by atoms with van der Waals surface area (Å²) in [6, 6.07) is 22.2. The Morgan fingerprint density at radius 2 is 0.643 bits per heavy atom. The van der Waals surface area contributed by atoms with E-state index in [-0.39, 0.29) is 0 Å². The Morgan fingerprint density at radius 3 is 0.857 bits per heavy atom. The Balaban J connectivity index is 1.39. The van der Waals surface area contributed by atoms with Crippen LogP contribution in [0.5, 0.6) is 0 Å². The summed E-state index contributed by atoms with van der Waals surface area (Å²) in [5, 5.41) is 0. The van der Waals surface area contributed by atoms with Crippen molar-refractivity contribution in [1.29, 1.82) is 0 Å². The average molecular weight is 939 g/mol. The molecule has 0 aliphatic carbocycles. The van der Waals surface area contributed by atoms with Crippen molar-refractivity contribution in [2.45, 2.75) is 102 Å². The van der Waals surface area contributed by atoms with Crippen LogP contribution in [-0.4, -0.2) is 55.1 Å². The third-order valence-electron chi connectivity index (χ3n) is 7.98. The van der Waals surface area contributed by atoms with Crippen LogP contribution in [0, 0.1) is 0 Å². The molecular formula is C36H54S3Sn3. The first-order valence-electron chi connectivity index (χ1n) is 16.1. The van der Waals surface area contributed by atoms with Gasteiger partial charge < -0.3 is 0 Å². The van der Waals surface area contributed by atoms with Gasteiger partial charge in [-0.3, -0.25) is 0 Å². The molecule has 0 bridgehead atoms. The maximum absolute atomic E-state index is 2.54. The van der Waals surface area contributed by atoms with Crippen LogP contribution >= 0.6 is 34.0 Å². The molecule has 4 rings (SSSR count). The van der Waals surface area contributed by atoms with Gasteiger partial charge in [-0.25, -0.2) is 0 Å². The number of hydrogen-bond donors (Lipinski definition) is 0. The molecule has 0 saturated carbocycles. The standard InChI is InChI=1S/C27H27S3.9CH3.3Sn/c1(10-25-13-4-16-28-25)7-22-19-23(8-2-11-26-14-5-17-29-26)21-24(20-22)9-3-12-27-15-6-18-30-27;;;;;;;;;;;;/h4-6,13-15,19-21H,1-3,7-12H2;9*1H3;;;. The second-order valence-corrected chi connectivity index (χ2v) is 65.0. The summed E-state index contributed by atoms with van der Waals surface area (Å²) in [5.41, 5.74) is 4.69. The first-order chi connectivity index (χ1) is 19.7. The van der Waals surface area contributed by atoms with Gasteiger partial charge >= 0.3 is 286 Å². The molecule has 0 radical (unpaired) electrons. The number of thiophene rings is 3. The fraction of sp³-hybridized carbons (Fsp3) is 0.500. The molecule has 4 aromatic rings. The molecule has 0 aliphatic rings. The Labute approximate surface area is 282 Å². The molecule has 0 nitrogen and oxygen atoms in total. The third-order valence-corrected chi connectivity index (χ3v) is 39.9. The van der Waals surface area contributed by atoms with Crippen molar-refractivity contribution in [3.63, 3.8) is 0 Å². The van der Waals surface area contributed by atoms with Crippen LogP contribution in [0.4, 0.5) is 0 Å². The molecule has 42 heavy (non-hydrogen) atoms. The summed E-state index contributed by atoms with van der Waals surface area (Å²) in [6.07, 6.45) is 11.1. The Bertz CT molecular complexity index is 1240. The molecule has 3 heterocycles. The quantitative estimate of drug-likeness (QED) is 0.104. The van der Waals surface area contributed by atoms with Gasteiger partial charge in [0.25, 0.3) is 0 Å². The maximum atomic E-state index is 2.54. The van der Waals surface area contributed by atoms with Crippen LogP contribution in [0.15, 0.2) is 54.6 Å². The number of hydrogen-bond acceptors (Lipinski definition) is 3. The zero-order valence-electron chi connectivity index (χ0n) is 27.8. The summed E-state index contributed by atoms with van der Waals surface area (Å²) in [6.45, 7) is 0. The fourth-order valence-corrected chi connectivity index (χ4v) is 25.0. The van der Waals surface area contributed by atoms with E-state index < -0.39 is 55.1 Å². The van der Waals surface area contributed by atoms with E-state index in [1.54, 1.807) is 40.0 Å². The van der Waals surface area contributed by atoms with Crippen LogP contribution in [0.25, 0.3) is 0 Å². The van der Waals surface area contributed by atoms with E-state index in [0.29, 0.717) is 0 Å². The van der Waals surface area contributed by atoms with Gasteiger partial charge in [0.15, 0.2) is 0 Å². The molecule has 0 amide bonds. The molecule has 0 N–H and O–H groups in total. The summed E-state index contributed by atoms with van der Waals surface area (Å²) in [5.74, 6) is 0. The molecule has 228 valence electrons. The summed E-state index contributed by atoms with van der Waals surface area (Å²) in [4.78, 5) is 27.6. The van der Waals surface area contributed by atoms with Gasteiger partial charge in [0.05, 0.1) is 0 Å². The van der Waals surface area contributed by atoms with E-state index in [4.69, 9.17) is 0 Å². The van der Waals surface area contributed by atoms with E-state index in [2.05, 4.69) is 133 Å². The molecule has 0 unspecified atom stereocenters. The SMILES string of the molecule is [CH3][Sn]([CH3])([CH3])[c]1ccc(CCCc2cc(CCCc3cc[c]([Sn]([CH3])([CH3])[CH3])s3)cc(CCCc3cc[c]([Sn]([CH3])([CH3])[CH3])s3)c2)s1. The molecule has 0 aliphatic heterocycles. The summed E-state index contributed by atoms with van der Waals surface area (Å²) in [7, 11) is 0. The monoisotopic (exact) mass is 942 g/mol. The predicted octanol–water partition coefficient (Wildman–Crippen LogP) is 10.0. The van der Waals surface area contributed by atoms with Gasteiger partial charge in [-0.05, 0) is 0 Å². The Kier molecular flexibility index (Phi) is 13.2. The zero-order chi connectivity index (χ0) is 30.5. The summed E-state index contributed by atoms with van der Waals surface area (Å²) >= 11 is 0.505. The second-order valence-electron chi connectivity index (χ2n) is 15.3. The van der Waals surface area contributed by atoms with E-state index in [9.17, 15) is 0 Å². The molecule has 0 fully saturated rings. The van der Waals surface area contributed by atoms with Gasteiger partial charge in [0.2, 0.25) is 0 Å². The van der Waals surface area contributed by atoms with Crippen LogP contribution in [0.2, 0.25) is 44.5 Å². The van der Waals surface area contributed by atoms with Gasteiger partial charge in [-0.15, -0.1) is 0 Å². The number of aryl methyl sites for hydroxylation is 6.